The molecule has 0 spiro atoms. The Kier molecular flexibility index (Phi) is 5.02. The maximum atomic E-state index is 10.6. The molecule has 0 unspecified atom stereocenters. The molecular weight excluding hydrogens is 358 g/mol. The zero-order chi connectivity index (χ0) is 15.5. The molecule has 114 valence electrons. The highest BCUT2D eigenvalue weighted by Gasteiger charge is 2.22. The fourth-order valence-electron chi connectivity index (χ4n) is 1.94. The summed E-state index contributed by atoms with van der Waals surface area (Å²) in [5.74, 6) is 0.376. The van der Waals surface area contributed by atoms with Gasteiger partial charge < -0.3 is 9.67 Å². The Morgan fingerprint density at radius 2 is 2.05 bits per heavy atom. The number of nitrogens with zero attached hydrogens (tertiary/aromatic N) is 2. The van der Waals surface area contributed by atoms with Crippen LogP contribution in [0.15, 0.2) is 46.2 Å². The molecule has 2 aromatic rings. The van der Waals surface area contributed by atoms with Gasteiger partial charge in [-0.15, -0.1) is 0 Å². The van der Waals surface area contributed by atoms with Crippen LogP contribution in [0.3, 0.4) is 0 Å². The molecule has 0 radical (unpaired) electrons. The summed E-state index contributed by atoms with van der Waals surface area (Å²) in [4.78, 5) is 3.63. The predicted molar refractivity (Wildman–Crippen MR) is 82.3 cm³/mol. The number of primary sulfonamides is 1. The van der Waals surface area contributed by atoms with Crippen LogP contribution >= 0.6 is 15.9 Å². The third-order valence-electron chi connectivity index (χ3n) is 3.25. The summed E-state index contributed by atoms with van der Waals surface area (Å²) in [5, 5.41) is 14.2. The van der Waals surface area contributed by atoms with Crippen LogP contribution in [-0.2, 0) is 10.0 Å². The Morgan fingerprint density at radius 3 is 2.38 bits per heavy atom. The largest absolute Gasteiger partial charge is 0.494 e. The van der Waals surface area contributed by atoms with Gasteiger partial charge in [-0.3, -0.25) is 4.98 Å². The first kappa shape index (κ1) is 16.0. The van der Waals surface area contributed by atoms with Crippen LogP contribution in [0.4, 0.5) is 0 Å². The number of pyridine rings is 1. The quantitative estimate of drug-likeness (QED) is 0.843. The molecule has 0 saturated heterocycles. The molecule has 1 saturated carbocycles. The van der Waals surface area contributed by atoms with E-state index in [1.54, 1.807) is 6.07 Å². The molecule has 1 aliphatic rings. The van der Waals surface area contributed by atoms with Crippen molar-refractivity contribution in [3.8, 4) is 5.88 Å². The fraction of sp³-hybridized carbons (Fsp3) is 0.308. The van der Waals surface area contributed by atoms with Crippen LogP contribution in [0.5, 0.6) is 5.88 Å². The molecule has 2 heterocycles. The summed E-state index contributed by atoms with van der Waals surface area (Å²) in [6.07, 6.45) is 6.36. The van der Waals surface area contributed by atoms with Crippen molar-refractivity contribution < 1.29 is 13.5 Å². The highest BCUT2D eigenvalue weighted by atomic mass is 79.9. The number of nitrogens with two attached hydrogens (primary N) is 1. The highest BCUT2D eigenvalue weighted by molar-refractivity contribution is 9.10. The van der Waals surface area contributed by atoms with Gasteiger partial charge in [-0.05, 0) is 53.4 Å². The van der Waals surface area contributed by atoms with Gasteiger partial charge in [-0.1, -0.05) is 0 Å². The molecule has 1 fully saturated rings. The summed E-state index contributed by atoms with van der Waals surface area (Å²) < 4.78 is 24.1. The van der Waals surface area contributed by atoms with E-state index in [-0.39, 0.29) is 4.90 Å². The first-order valence-corrected chi connectivity index (χ1v) is 8.72. The third kappa shape index (κ3) is 4.05. The number of sulfonamides is 1. The molecule has 3 rings (SSSR count). The van der Waals surface area contributed by atoms with Crippen molar-refractivity contribution >= 4 is 26.0 Å². The standard InChI is InChI=1S/C8H10BrNO.C5H6N2O2S/c9-7-4-5-8(11)10(7)6-2-1-3-6;6-10(8,9)5-2-1-3-7-4-5/h4-6,11H,1-3H2;1-4H,(H2,6,8,9). The zero-order valence-corrected chi connectivity index (χ0v) is 13.6. The molecule has 3 N–H and O–H groups in total. The highest BCUT2D eigenvalue weighted by Crippen LogP contribution is 2.37. The zero-order valence-electron chi connectivity index (χ0n) is 11.2. The summed E-state index contributed by atoms with van der Waals surface area (Å²) in [6, 6.07) is 7.04. The minimum absolute atomic E-state index is 0.0370. The van der Waals surface area contributed by atoms with Gasteiger partial charge >= 0.3 is 0 Å². The molecule has 0 amide bonds. The molecule has 2 aromatic heterocycles. The number of hydrogen-bond donors (Lipinski definition) is 2. The summed E-state index contributed by atoms with van der Waals surface area (Å²) >= 11 is 3.40. The molecule has 8 heteroatoms. The van der Waals surface area contributed by atoms with Crippen molar-refractivity contribution in [2.75, 3.05) is 0 Å². The Hall–Kier alpha value is -1.38. The average Bonchev–Trinajstić information content (AvgIpc) is 2.70. The van der Waals surface area contributed by atoms with Crippen LogP contribution in [0.25, 0.3) is 0 Å². The van der Waals surface area contributed by atoms with Crippen LogP contribution in [0, 0.1) is 0 Å². The molecule has 21 heavy (non-hydrogen) atoms. The van der Waals surface area contributed by atoms with Crippen molar-refractivity contribution in [1.82, 2.24) is 9.55 Å². The smallest absolute Gasteiger partial charge is 0.239 e. The molecule has 0 aliphatic heterocycles. The van der Waals surface area contributed by atoms with Gasteiger partial charge in [0, 0.05) is 24.5 Å². The van der Waals surface area contributed by atoms with Gasteiger partial charge in [-0.2, -0.15) is 0 Å². The number of aromatic hydroxyl groups is 1. The number of aromatic nitrogens is 2. The molecule has 0 aromatic carbocycles. The second-order valence-corrected chi connectivity index (χ2v) is 7.08. The van der Waals surface area contributed by atoms with Gasteiger partial charge in [0.25, 0.3) is 0 Å². The van der Waals surface area contributed by atoms with Crippen molar-refractivity contribution in [3.63, 3.8) is 0 Å². The van der Waals surface area contributed by atoms with Gasteiger partial charge in [0.05, 0.1) is 4.60 Å². The van der Waals surface area contributed by atoms with Crippen molar-refractivity contribution in [3.05, 3.63) is 41.3 Å². The topological polar surface area (TPSA) is 98.2 Å². The lowest BCUT2D eigenvalue weighted by molar-refractivity contribution is 0.277. The van der Waals surface area contributed by atoms with Crippen LogP contribution in [-0.4, -0.2) is 23.1 Å². The monoisotopic (exact) mass is 373 g/mol. The van der Waals surface area contributed by atoms with Crippen molar-refractivity contribution in [2.45, 2.75) is 30.2 Å². The van der Waals surface area contributed by atoms with Gasteiger partial charge in [-0.25, -0.2) is 13.6 Å². The lowest BCUT2D eigenvalue weighted by Crippen LogP contribution is -2.16. The molecule has 6 nitrogen and oxygen atoms in total. The molecule has 1 aliphatic carbocycles. The van der Waals surface area contributed by atoms with Crippen LogP contribution in [0.1, 0.15) is 25.3 Å². The average molecular weight is 374 g/mol. The Labute approximate surface area is 131 Å². The van der Waals surface area contributed by atoms with Gasteiger partial charge in [0.1, 0.15) is 4.90 Å². The SMILES string of the molecule is NS(=O)(=O)c1cccnc1.Oc1ccc(Br)n1C1CCC1. The Bertz CT molecular complexity index is 677. The number of rotatable bonds is 2. The van der Waals surface area contributed by atoms with Crippen LogP contribution < -0.4 is 5.14 Å². The normalized spacial score (nSPS) is 15.0. The van der Waals surface area contributed by atoms with E-state index in [4.69, 9.17) is 5.14 Å². The number of halogens is 1. The second-order valence-electron chi connectivity index (χ2n) is 4.70. The minimum Gasteiger partial charge on any atom is -0.494 e. The first-order chi connectivity index (χ1) is 9.89. The minimum atomic E-state index is -3.57. The van der Waals surface area contributed by atoms with Crippen molar-refractivity contribution in [1.29, 1.82) is 0 Å². The number of hydrogen-bond acceptors (Lipinski definition) is 4. The van der Waals surface area contributed by atoms with E-state index in [0.29, 0.717) is 11.9 Å². The Balaban J connectivity index is 0.000000155. The Morgan fingerprint density at radius 1 is 1.33 bits per heavy atom. The summed E-state index contributed by atoms with van der Waals surface area (Å²) in [7, 11) is -3.57. The van der Waals surface area contributed by atoms with E-state index in [1.165, 1.54) is 43.8 Å². The van der Waals surface area contributed by atoms with E-state index < -0.39 is 10.0 Å². The van der Waals surface area contributed by atoms with E-state index in [9.17, 15) is 13.5 Å². The maximum absolute atomic E-state index is 10.6. The van der Waals surface area contributed by atoms with Gasteiger partial charge in [0.15, 0.2) is 5.88 Å². The fourth-order valence-corrected chi connectivity index (χ4v) is 3.01. The van der Waals surface area contributed by atoms with Gasteiger partial charge in [0.2, 0.25) is 10.0 Å². The summed E-state index contributed by atoms with van der Waals surface area (Å²) in [5.41, 5.74) is 0. The van der Waals surface area contributed by atoms with E-state index in [2.05, 4.69) is 20.9 Å². The molecule has 0 atom stereocenters. The van der Waals surface area contributed by atoms with Crippen LogP contribution in [0.2, 0.25) is 0 Å². The van der Waals surface area contributed by atoms with E-state index >= 15 is 0 Å². The van der Waals surface area contributed by atoms with E-state index in [1.807, 2.05) is 10.6 Å². The second kappa shape index (κ2) is 6.59. The van der Waals surface area contributed by atoms with E-state index in [0.717, 1.165) is 4.60 Å². The predicted octanol–water partition coefficient (Wildman–Crippen LogP) is 2.41. The third-order valence-corrected chi connectivity index (χ3v) is 4.79. The summed E-state index contributed by atoms with van der Waals surface area (Å²) in [6.45, 7) is 0. The molecule has 0 bridgehead atoms. The molecular formula is C13H16BrN3O3S. The lowest BCUT2D eigenvalue weighted by Gasteiger charge is -2.28. The van der Waals surface area contributed by atoms with Crippen molar-refractivity contribution in [2.24, 2.45) is 5.14 Å². The lowest BCUT2D eigenvalue weighted by atomic mass is 9.93. The maximum Gasteiger partial charge on any atom is 0.239 e. The first-order valence-electron chi connectivity index (χ1n) is 6.38.